The number of aliphatic hydroxyl groups is 1. The van der Waals surface area contributed by atoms with E-state index in [0.717, 1.165) is 44.3 Å². The fourth-order valence-corrected chi connectivity index (χ4v) is 3.19. The number of aromatic nitrogens is 2. The molecule has 0 fully saturated rings. The van der Waals surface area contributed by atoms with Crippen LogP contribution in [0.3, 0.4) is 0 Å². The van der Waals surface area contributed by atoms with Crippen LogP contribution in [-0.2, 0) is 6.61 Å². The number of aliphatic hydroxyl groups excluding tert-OH is 1. The molecule has 0 aliphatic heterocycles. The van der Waals surface area contributed by atoms with Gasteiger partial charge < -0.3 is 9.51 Å². The van der Waals surface area contributed by atoms with Crippen molar-refractivity contribution in [3.05, 3.63) is 83.1 Å². The molecule has 0 bridgehead atoms. The zero-order valence-corrected chi connectivity index (χ0v) is 14.5. The average molecular weight is 349 g/mol. The Labute approximate surface area is 151 Å². The first-order valence-corrected chi connectivity index (χ1v) is 8.48. The predicted octanol–water partition coefficient (Wildman–Crippen LogP) is 5.12. The van der Waals surface area contributed by atoms with E-state index in [4.69, 9.17) is 16.6 Å². The number of halogens is 1. The summed E-state index contributed by atoms with van der Waals surface area (Å²) in [5, 5.41) is 10.1. The van der Waals surface area contributed by atoms with Crippen molar-refractivity contribution in [3.8, 4) is 22.4 Å². The van der Waals surface area contributed by atoms with E-state index < -0.39 is 0 Å². The van der Waals surface area contributed by atoms with Gasteiger partial charge in [-0.15, -0.1) is 0 Å². The van der Waals surface area contributed by atoms with Gasteiger partial charge in [-0.1, -0.05) is 41.9 Å². The van der Waals surface area contributed by atoms with Crippen molar-refractivity contribution in [3.63, 3.8) is 0 Å². The number of pyridine rings is 1. The van der Waals surface area contributed by atoms with Crippen molar-refractivity contribution in [1.82, 2.24) is 9.38 Å². The average Bonchev–Trinajstić information content (AvgIpc) is 2.98. The lowest BCUT2D eigenvalue weighted by molar-refractivity contribution is 0.282. The van der Waals surface area contributed by atoms with E-state index >= 15 is 0 Å². The molecule has 0 saturated carbocycles. The second kappa shape index (κ2) is 6.36. The monoisotopic (exact) mass is 348 g/mol. The second-order valence-corrected chi connectivity index (χ2v) is 6.49. The maximum absolute atomic E-state index is 9.35. The number of fused-ring (bicyclic) bond motifs is 1. The van der Waals surface area contributed by atoms with E-state index in [1.165, 1.54) is 0 Å². The van der Waals surface area contributed by atoms with Crippen LogP contribution in [0, 0.1) is 6.92 Å². The molecule has 0 aliphatic rings. The molecule has 4 heteroatoms. The summed E-state index contributed by atoms with van der Waals surface area (Å²) in [4.78, 5) is 4.76. The first kappa shape index (κ1) is 15.9. The number of aryl methyl sites for hydroxylation is 1. The Morgan fingerprint density at radius 2 is 1.72 bits per heavy atom. The molecule has 2 heterocycles. The van der Waals surface area contributed by atoms with Gasteiger partial charge >= 0.3 is 0 Å². The van der Waals surface area contributed by atoms with Crippen molar-refractivity contribution in [1.29, 1.82) is 0 Å². The Morgan fingerprint density at radius 1 is 0.960 bits per heavy atom. The van der Waals surface area contributed by atoms with Gasteiger partial charge in [0, 0.05) is 22.5 Å². The van der Waals surface area contributed by atoms with Crippen LogP contribution in [0.15, 0.2) is 66.9 Å². The summed E-state index contributed by atoms with van der Waals surface area (Å²) in [5.74, 6) is 0. The van der Waals surface area contributed by atoms with Crippen LogP contribution < -0.4 is 0 Å². The lowest BCUT2D eigenvalue weighted by Gasteiger charge is -2.06. The quantitative estimate of drug-likeness (QED) is 0.557. The maximum atomic E-state index is 9.35. The Balaban J connectivity index is 1.83. The molecule has 0 saturated heterocycles. The molecule has 25 heavy (non-hydrogen) atoms. The molecule has 0 amide bonds. The minimum atomic E-state index is 0.0426. The van der Waals surface area contributed by atoms with Gasteiger partial charge in [-0.2, -0.15) is 0 Å². The highest BCUT2D eigenvalue weighted by Crippen LogP contribution is 2.28. The van der Waals surface area contributed by atoms with Crippen LogP contribution in [0.5, 0.6) is 0 Å². The summed E-state index contributed by atoms with van der Waals surface area (Å²) in [6.45, 7) is 2.11. The first-order chi connectivity index (χ1) is 12.2. The maximum Gasteiger partial charge on any atom is 0.137 e. The molecule has 124 valence electrons. The van der Waals surface area contributed by atoms with Crippen LogP contribution in [0.25, 0.3) is 28.0 Å². The molecule has 4 rings (SSSR count). The van der Waals surface area contributed by atoms with Crippen LogP contribution in [-0.4, -0.2) is 14.5 Å². The number of hydrogen-bond acceptors (Lipinski definition) is 2. The zero-order valence-electron chi connectivity index (χ0n) is 13.8. The minimum Gasteiger partial charge on any atom is -0.392 e. The summed E-state index contributed by atoms with van der Waals surface area (Å²) >= 11 is 5.99. The summed E-state index contributed by atoms with van der Waals surface area (Å²) in [6.07, 6.45) is 2.09. The van der Waals surface area contributed by atoms with Gasteiger partial charge in [0.05, 0.1) is 12.3 Å². The third-order valence-corrected chi connectivity index (χ3v) is 4.67. The Kier molecular flexibility index (Phi) is 4.04. The lowest BCUT2D eigenvalue weighted by atomic mass is 10.1. The summed E-state index contributed by atoms with van der Waals surface area (Å²) in [6, 6.07) is 19.8. The molecule has 0 atom stereocenters. The van der Waals surface area contributed by atoms with Gasteiger partial charge in [-0.3, -0.25) is 0 Å². The molecule has 1 N–H and O–H groups in total. The van der Waals surface area contributed by atoms with E-state index in [9.17, 15) is 5.11 Å². The van der Waals surface area contributed by atoms with Gasteiger partial charge in [0.1, 0.15) is 5.65 Å². The SMILES string of the molecule is Cc1c(-c2ccc(Cl)cc2)nc2ccc(-c3cccc(CO)c3)cn12. The van der Waals surface area contributed by atoms with Gasteiger partial charge in [-0.25, -0.2) is 4.98 Å². The van der Waals surface area contributed by atoms with E-state index in [-0.39, 0.29) is 6.61 Å². The standard InChI is InChI=1S/C21H17ClN2O/c1-14-21(16-5-8-19(22)9-6-16)23-20-10-7-18(12-24(14)20)17-4-2-3-15(11-17)13-25/h2-12,25H,13H2,1H3. The molecular weight excluding hydrogens is 332 g/mol. The number of nitrogens with zero attached hydrogens (tertiary/aromatic N) is 2. The molecule has 0 spiro atoms. The van der Waals surface area contributed by atoms with Crippen LogP contribution in [0.1, 0.15) is 11.3 Å². The summed E-state index contributed by atoms with van der Waals surface area (Å²) < 4.78 is 2.10. The van der Waals surface area contributed by atoms with Crippen molar-refractivity contribution in [2.45, 2.75) is 13.5 Å². The molecule has 0 radical (unpaired) electrons. The largest absolute Gasteiger partial charge is 0.392 e. The van der Waals surface area contributed by atoms with Crippen molar-refractivity contribution >= 4 is 17.2 Å². The van der Waals surface area contributed by atoms with E-state index in [1.807, 2.05) is 54.6 Å². The van der Waals surface area contributed by atoms with Gasteiger partial charge in [0.15, 0.2) is 0 Å². The highest BCUT2D eigenvalue weighted by Gasteiger charge is 2.11. The molecule has 2 aromatic carbocycles. The normalized spacial score (nSPS) is 11.2. The highest BCUT2D eigenvalue weighted by atomic mass is 35.5. The van der Waals surface area contributed by atoms with Crippen LogP contribution >= 0.6 is 11.6 Å². The number of imidazole rings is 1. The Bertz CT molecular complexity index is 1050. The van der Waals surface area contributed by atoms with E-state index in [1.54, 1.807) is 0 Å². The fourth-order valence-electron chi connectivity index (χ4n) is 3.06. The van der Waals surface area contributed by atoms with E-state index in [2.05, 4.69) is 23.6 Å². The van der Waals surface area contributed by atoms with Crippen molar-refractivity contribution in [2.75, 3.05) is 0 Å². The molecule has 2 aromatic heterocycles. The number of rotatable bonds is 3. The molecule has 0 unspecified atom stereocenters. The van der Waals surface area contributed by atoms with Gasteiger partial charge in [0.25, 0.3) is 0 Å². The Hall–Kier alpha value is -2.62. The predicted molar refractivity (Wildman–Crippen MR) is 102 cm³/mol. The summed E-state index contributed by atoms with van der Waals surface area (Å²) in [5.41, 5.74) is 7.07. The molecular formula is C21H17ClN2O. The van der Waals surface area contributed by atoms with E-state index in [0.29, 0.717) is 0 Å². The Morgan fingerprint density at radius 3 is 2.48 bits per heavy atom. The topological polar surface area (TPSA) is 37.5 Å². The van der Waals surface area contributed by atoms with Crippen LogP contribution in [0.2, 0.25) is 5.02 Å². The second-order valence-electron chi connectivity index (χ2n) is 6.06. The third kappa shape index (κ3) is 2.93. The van der Waals surface area contributed by atoms with Crippen molar-refractivity contribution in [2.24, 2.45) is 0 Å². The number of hydrogen-bond donors (Lipinski definition) is 1. The number of benzene rings is 2. The lowest BCUT2D eigenvalue weighted by Crippen LogP contribution is -1.90. The first-order valence-electron chi connectivity index (χ1n) is 8.10. The molecule has 4 aromatic rings. The summed E-state index contributed by atoms with van der Waals surface area (Å²) in [7, 11) is 0. The van der Waals surface area contributed by atoms with Gasteiger partial charge in [-0.05, 0) is 53.9 Å². The van der Waals surface area contributed by atoms with Crippen LogP contribution in [0.4, 0.5) is 0 Å². The van der Waals surface area contributed by atoms with Crippen molar-refractivity contribution < 1.29 is 5.11 Å². The fraction of sp³-hybridized carbons (Fsp3) is 0.0952. The molecule has 0 aliphatic carbocycles. The zero-order chi connectivity index (χ0) is 17.4. The van der Waals surface area contributed by atoms with Gasteiger partial charge in [0.2, 0.25) is 0 Å². The third-order valence-electron chi connectivity index (χ3n) is 4.42. The smallest absolute Gasteiger partial charge is 0.137 e. The minimum absolute atomic E-state index is 0.0426. The highest BCUT2D eigenvalue weighted by molar-refractivity contribution is 6.30. The molecule has 3 nitrogen and oxygen atoms in total.